The minimum Gasteiger partial charge on any atom is -0.477 e. The van der Waals surface area contributed by atoms with Gasteiger partial charge in [-0.3, -0.25) is 9.68 Å². The van der Waals surface area contributed by atoms with Gasteiger partial charge in [-0.25, -0.2) is 20.7 Å². The molecule has 0 saturated carbocycles. The van der Waals surface area contributed by atoms with E-state index in [-0.39, 0.29) is 12.5 Å². The molecule has 0 aliphatic heterocycles. The monoisotopic (exact) mass is 450 g/mol. The van der Waals surface area contributed by atoms with E-state index in [1.807, 2.05) is 42.6 Å². The molecule has 0 fully saturated rings. The minimum absolute atomic E-state index is 0.0352. The SMILES string of the molecule is CNOC(CCC=C(c1ccccc1)C(Cc1ccccc1)n1ccnc1)(ONC)C(=O)O. The van der Waals surface area contributed by atoms with E-state index in [1.54, 1.807) is 12.5 Å². The molecule has 0 spiro atoms. The average molecular weight is 451 g/mol. The highest BCUT2D eigenvalue weighted by molar-refractivity contribution is 5.75. The molecule has 0 aliphatic rings. The summed E-state index contributed by atoms with van der Waals surface area (Å²) in [4.78, 5) is 26.7. The third kappa shape index (κ3) is 6.36. The Labute approximate surface area is 193 Å². The molecule has 0 bridgehead atoms. The van der Waals surface area contributed by atoms with Gasteiger partial charge in [0.2, 0.25) is 0 Å². The first-order chi connectivity index (χ1) is 16.1. The van der Waals surface area contributed by atoms with Crippen molar-refractivity contribution in [2.75, 3.05) is 14.1 Å². The number of carboxylic acid groups (broad SMARTS) is 1. The summed E-state index contributed by atoms with van der Waals surface area (Å²) in [6.07, 6.45) is 8.81. The van der Waals surface area contributed by atoms with Crippen LogP contribution in [0.15, 0.2) is 85.5 Å². The third-order valence-corrected chi connectivity index (χ3v) is 5.32. The molecule has 2 aromatic carbocycles. The molecule has 0 aliphatic carbocycles. The Morgan fingerprint density at radius 2 is 1.73 bits per heavy atom. The Kier molecular flexibility index (Phi) is 8.91. The van der Waals surface area contributed by atoms with Gasteiger partial charge in [0.15, 0.2) is 0 Å². The maximum atomic E-state index is 11.9. The molecule has 1 atom stereocenters. The molecular weight excluding hydrogens is 420 g/mol. The van der Waals surface area contributed by atoms with Crippen molar-refractivity contribution in [3.63, 3.8) is 0 Å². The normalized spacial score (nSPS) is 13.1. The number of nitrogens with one attached hydrogen (secondary N) is 2. The Morgan fingerprint density at radius 3 is 2.27 bits per heavy atom. The maximum absolute atomic E-state index is 11.9. The van der Waals surface area contributed by atoms with Crippen LogP contribution in [-0.4, -0.2) is 40.5 Å². The molecule has 3 rings (SSSR count). The number of hydrogen-bond donors (Lipinski definition) is 3. The maximum Gasteiger partial charge on any atom is 0.367 e. The number of hydroxylamine groups is 2. The Bertz CT molecular complexity index is 1000. The molecular formula is C25H30N4O4. The molecule has 1 unspecified atom stereocenters. The Hall–Kier alpha value is -3.30. The zero-order chi connectivity index (χ0) is 23.5. The van der Waals surface area contributed by atoms with Crippen LogP contribution in [0.4, 0.5) is 0 Å². The minimum atomic E-state index is -1.87. The van der Waals surface area contributed by atoms with E-state index in [1.165, 1.54) is 19.7 Å². The second-order valence-electron chi connectivity index (χ2n) is 7.45. The van der Waals surface area contributed by atoms with Crippen LogP contribution < -0.4 is 11.0 Å². The number of rotatable bonds is 13. The van der Waals surface area contributed by atoms with E-state index in [0.717, 1.165) is 17.6 Å². The van der Waals surface area contributed by atoms with E-state index < -0.39 is 11.8 Å². The number of benzene rings is 2. The van der Waals surface area contributed by atoms with Crippen molar-refractivity contribution in [3.8, 4) is 0 Å². The van der Waals surface area contributed by atoms with Gasteiger partial charge in [-0.2, -0.15) is 0 Å². The molecule has 3 aromatic rings. The number of aliphatic carboxylic acids is 1. The summed E-state index contributed by atoms with van der Waals surface area (Å²) in [5, 5.41) is 9.76. The first kappa shape index (κ1) is 24.3. The van der Waals surface area contributed by atoms with Crippen molar-refractivity contribution in [1.29, 1.82) is 0 Å². The second-order valence-corrected chi connectivity index (χ2v) is 7.45. The van der Waals surface area contributed by atoms with Crippen molar-refractivity contribution >= 4 is 11.5 Å². The van der Waals surface area contributed by atoms with E-state index >= 15 is 0 Å². The van der Waals surface area contributed by atoms with Gasteiger partial charge in [0.1, 0.15) is 0 Å². The lowest BCUT2D eigenvalue weighted by atomic mass is 9.91. The van der Waals surface area contributed by atoms with E-state index in [0.29, 0.717) is 6.42 Å². The summed E-state index contributed by atoms with van der Waals surface area (Å²) in [5.74, 6) is -3.09. The Balaban J connectivity index is 1.97. The van der Waals surface area contributed by atoms with Crippen molar-refractivity contribution < 1.29 is 19.6 Å². The zero-order valence-corrected chi connectivity index (χ0v) is 18.8. The van der Waals surface area contributed by atoms with Crippen LogP contribution in [0.2, 0.25) is 0 Å². The predicted octanol–water partition coefficient (Wildman–Crippen LogP) is 3.61. The van der Waals surface area contributed by atoms with Gasteiger partial charge < -0.3 is 9.67 Å². The van der Waals surface area contributed by atoms with Gasteiger partial charge in [-0.1, -0.05) is 66.7 Å². The molecule has 8 heteroatoms. The zero-order valence-electron chi connectivity index (χ0n) is 18.8. The molecule has 0 amide bonds. The number of carboxylic acids is 1. The molecule has 0 saturated heterocycles. The highest BCUT2D eigenvalue weighted by Gasteiger charge is 2.41. The highest BCUT2D eigenvalue weighted by atomic mass is 16.8. The summed E-state index contributed by atoms with van der Waals surface area (Å²) >= 11 is 0. The molecule has 3 N–H and O–H groups in total. The molecule has 8 nitrogen and oxygen atoms in total. The fraction of sp³-hybridized carbons (Fsp3) is 0.280. The number of aromatic nitrogens is 2. The fourth-order valence-electron chi connectivity index (χ4n) is 3.81. The number of allylic oxidation sites excluding steroid dienone is 2. The van der Waals surface area contributed by atoms with E-state index in [4.69, 9.17) is 9.68 Å². The summed E-state index contributed by atoms with van der Waals surface area (Å²) in [7, 11) is 2.99. The highest BCUT2D eigenvalue weighted by Crippen LogP contribution is 2.32. The van der Waals surface area contributed by atoms with Crippen LogP contribution in [0.3, 0.4) is 0 Å². The number of imidazole rings is 1. The van der Waals surface area contributed by atoms with Gasteiger partial charge >= 0.3 is 11.8 Å². The second kappa shape index (κ2) is 12.1. The van der Waals surface area contributed by atoms with Crippen molar-refractivity contribution in [2.24, 2.45) is 0 Å². The predicted molar refractivity (Wildman–Crippen MR) is 126 cm³/mol. The van der Waals surface area contributed by atoms with Crippen LogP contribution in [0.1, 0.15) is 30.0 Å². The lowest BCUT2D eigenvalue weighted by molar-refractivity contribution is -0.285. The van der Waals surface area contributed by atoms with Crippen LogP contribution >= 0.6 is 0 Å². The van der Waals surface area contributed by atoms with Gasteiger partial charge in [0, 0.05) is 32.9 Å². The lowest BCUT2D eigenvalue weighted by Gasteiger charge is -2.27. The quantitative estimate of drug-likeness (QED) is 0.270. The summed E-state index contributed by atoms with van der Waals surface area (Å²) in [6.45, 7) is 0. The lowest BCUT2D eigenvalue weighted by Crippen LogP contribution is -2.49. The topological polar surface area (TPSA) is 97.6 Å². The third-order valence-electron chi connectivity index (χ3n) is 5.32. The standard InChI is InChI=1S/C25H30N4O4/c1-26-32-25(24(30)31,33-27-2)15-9-14-22(21-12-7-4-8-13-21)23(29-17-16-28-19-29)18-20-10-5-3-6-11-20/h3-8,10-14,16-17,19,23,26-27H,9,15,18H2,1-2H3,(H,30,31). The largest absolute Gasteiger partial charge is 0.477 e. The van der Waals surface area contributed by atoms with E-state index in [2.05, 4.69) is 50.9 Å². The number of carbonyl (C=O) groups is 1. The molecule has 33 heavy (non-hydrogen) atoms. The molecule has 1 heterocycles. The summed E-state index contributed by atoms with van der Waals surface area (Å²) in [5.41, 5.74) is 8.19. The van der Waals surface area contributed by atoms with Crippen LogP contribution in [-0.2, 0) is 20.9 Å². The number of nitrogens with zero attached hydrogens (tertiary/aromatic N) is 2. The van der Waals surface area contributed by atoms with Crippen LogP contribution in [0.25, 0.3) is 5.57 Å². The molecule has 174 valence electrons. The van der Waals surface area contributed by atoms with Crippen LogP contribution in [0.5, 0.6) is 0 Å². The molecule has 0 radical (unpaired) electrons. The van der Waals surface area contributed by atoms with Crippen molar-refractivity contribution in [3.05, 3.63) is 96.6 Å². The smallest absolute Gasteiger partial charge is 0.367 e. The van der Waals surface area contributed by atoms with Gasteiger partial charge in [-0.15, -0.1) is 0 Å². The van der Waals surface area contributed by atoms with Gasteiger partial charge in [0.05, 0.1) is 12.4 Å². The summed E-state index contributed by atoms with van der Waals surface area (Å²) < 4.78 is 2.07. The first-order valence-corrected chi connectivity index (χ1v) is 10.8. The van der Waals surface area contributed by atoms with Crippen molar-refractivity contribution in [2.45, 2.75) is 31.1 Å². The summed E-state index contributed by atoms with van der Waals surface area (Å²) in [6, 6.07) is 20.3. The Morgan fingerprint density at radius 1 is 1.09 bits per heavy atom. The van der Waals surface area contributed by atoms with Crippen molar-refractivity contribution in [1.82, 2.24) is 20.5 Å². The first-order valence-electron chi connectivity index (χ1n) is 10.8. The van der Waals surface area contributed by atoms with Gasteiger partial charge in [0.25, 0.3) is 0 Å². The van der Waals surface area contributed by atoms with Gasteiger partial charge in [-0.05, 0) is 29.5 Å². The fourth-order valence-corrected chi connectivity index (χ4v) is 3.81. The number of hydrogen-bond acceptors (Lipinski definition) is 6. The van der Waals surface area contributed by atoms with E-state index in [9.17, 15) is 9.90 Å². The van der Waals surface area contributed by atoms with Crippen LogP contribution in [0, 0.1) is 0 Å². The molecule has 1 aromatic heterocycles. The average Bonchev–Trinajstić information content (AvgIpc) is 3.37.